The topological polar surface area (TPSA) is 6.48 Å². The van der Waals surface area contributed by atoms with Crippen molar-refractivity contribution in [1.29, 1.82) is 0 Å². The molecular weight excluding hydrogens is 196 g/mol. The van der Waals surface area contributed by atoms with Crippen LogP contribution in [0.1, 0.15) is 46.5 Å². The Bertz CT molecular complexity index is 189. The summed E-state index contributed by atoms with van der Waals surface area (Å²) in [5.41, 5.74) is 0. The van der Waals surface area contributed by atoms with Crippen LogP contribution in [0.15, 0.2) is 0 Å². The first-order chi connectivity index (χ1) is 7.56. The minimum Gasteiger partial charge on any atom is -0.304 e. The lowest BCUT2D eigenvalue weighted by Crippen LogP contribution is -2.37. The van der Waals surface area contributed by atoms with Gasteiger partial charge >= 0.3 is 0 Å². The second kappa shape index (κ2) is 6.61. The normalized spacial score (nSPS) is 20.4. The van der Waals surface area contributed by atoms with E-state index in [0.717, 1.165) is 12.0 Å². The van der Waals surface area contributed by atoms with E-state index >= 15 is 0 Å². The molecule has 0 amide bonds. The summed E-state index contributed by atoms with van der Waals surface area (Å²) in [5, 5.41) is 0. The highest BCUT2D eigenvalue weighted by Crippen LogP contribution is 2.34. The molecule has 0 aromatic rings. The summed E-state index contributed by atoms with van der Waals surface area (Å²) in [6.45, 7) is 9.46. The van der Waals surface area contributed by atoms with Crippen molar-refractivity contribution in [3.05, 3.63) is 0 Å². The molecule has 0 spiro atoms. The van der Waals surface area contributed by atoms with Crippen LogP contribution >= 0.6 is 0 Å². The number of hydrogen-bond acceptors (Lipinski definition) is 2. The molecule has 2 heteroatoms. The molecule has 0 bridgehead atoms. The van der Waals surface area contributed by atoms with E-state index in [0.29, 0.717) is 6.04 Å². The maximum absolute atomic E-state index is 2.55. The lowest BCUT2D eigenvalue weighted by atomic mass is 10.1. The second-order valence-corrected chi connectivity index (χ2v) is 5.68. The Labute approximate surface area is 102 Å². The van der Waals surface area contributed by atoms with Crippen LogP contribution in [-0.4, -0.2) is 49.1 Å². The van der Waals surface area contributed by atoms with Gasteiger partial charge in [-0.1, -0.05) is 6.92 Å². The fraction of sp³-hybridized carbons (Fsp3) is 1.00. The molecule has 2 nitrogen and oxygen atoms in total. The third kappa shape index (κ3) is 4.42. The smallest absolute Gasteiger partial charge is 0.00921 e. The Balaban J connectivity index is 2.16. The lowest BCUT2D eigenvalue weighted by Gasteiger charge is -2.29. The summed E-state index contributed by atoms with van der Waals surface area (Å²) in [5.74, 6) is 0.994. The van der Waals surface area contributed by atoms with Gasteiger partial charge in [-0.15, -0.1) is 0 Å². The standard InChI is InChI=1S/C14H30N2/c1-6-10-15(4)12(2)9-11-16(5)13(3)14-7-8-14/h12-14H,6-11H2,1-5H3. The first-order valence-corrected chi connectivity index (χ1v) is 6.96. The summed E-state index contributed by atoms with van der Waals surface area (Å²) in [6.07, 6.45) is 5.47. The fourth-order valence-electron chi connectivity index (χ4n) is 2.33. The molecule has 1 saturated carbocycles. The van der Waals surface area contributed by atoms with Crippen LogP contribution in [0.4, 0.5) is 0 Å². The molecule has 96 valence electrons. The van der Waals surface area contributed by atoms with Crippen molar-refractivity contribution < 1.29 is 0 Å². The van der Waals surface area contributed by atoms with Crippen LogP contribution in [-0.2, 0) is 0 Å². The van der Waals surface area contributed by atoms with Crippen LogP contribution in [0.2, 0.25) is 0 Å². The quantitative estimate of drug-likeness (QED) is 0.628. The number of nitrogens with zero attached hydrogens (tertiary/aromatic N) is 2. The van der Waals surface area contributed by atoms with Crippen molar-refractivity contribution in [2.75, 3.05) is 27.2 Å². The monoisotopic (exact) mass is 226 g/mol. The Kier molecular flexibility index (Phi) is 5.77. The Morgan fingerprint density at radius 2 is 1.69 bits per heavy atom. The third-order valence-corrected chi connectivity index (χ3v) is 4.23. The number of rotatable bonds is 8. The molecule has 0 radical (unpaired) electrons. The summed E-state index contributed by atoms with van der Waals surface area (Å²) >= 11 is 0. The van der Waals surface area contributed by atoms with Crippen molar-refractivity contribution in [3.8, 4) is 0 Å². The van der Waals surface area contributed by atoms with E-state index in [9.17, 15) is 0 Å². The van der Waals surface area contributed by atoms with Gasteiger partial charge in [-0.25, -0.2) is 0 Å². The first kappa shape index (κ1) is 14.0. The molecule has 0 aromatic heterocycles. The molecule has 1 fully saturated rings. The lowest BCUT2D eigenvalue weighted by molar-refractivity contribution is 0.186. The highest BCUT2D eigenvalue weighted by Gasteiger charge is 2.30. The molecule has 0 aromatic carbocycles. The molecular formula is C14H30N2. The van der Waals surface area contributed by atoms with E-state index in [1.54, 1.807) is 0 Å². The van der Waals surface area contributed by atoms with Crippen LogP contribution < -0.4 is 0 Å². The molecule has 2 atom stereocenters. The largest absolute Gasteiger partial charge is 0.304 e. The zero-order chi connectivity index (χ0) is 12.1. The molecule has 2 unspecified atom stereocenters. The zero-order valence-corrected chi connectivity index (χ0v) is 11.9. The summed E-state index contributed by atoms with van der Waals surface area (Å²) < 4.78 is 0. The predicted molar refractivity (Wildman–Crippen MR) is 71.8 cm³/mol. The molecule has 0 aliphatic heterocycles. The predicted octanol–water partition coefficient (Wildman–Crippen LogP) is 2.84. The molecule has 0 heterocycles. The average Bonchev–Trinajstić information content (AvgIpc) is 3.08. The van der Waals surface area contributed by atoms with Crippen LogP contribution in [0.25, 0.3) is 0 Å². The van der Waals surface area contributed by atoms with Crippen molar-refractivity contribution in [2.45, 2.75) is 58.5 Å². The van der Waals surface area contributed by atoms with Gasteiger partial charge in [-0.3, -0.25) is 0 Å². The Morgan fingerprint density at radius 1 is 1.06 bits per heavy atom. The van der Waals surface area contributed by atoms with Gasteiger partial charge in [0.25, 0.3) is 0 Å². The molecule has 16 heavy (non-hydrogen) atoms. The Hall–Kier alpha value is -0.0800. The summed E-state index contributed by atoms with van der Waals surface area (Å²) in [4.78, 5) is 5.03. The van der Waals surface area contributed by atoms with Crippen LogP contribution in [0.3, 0.4) is 0 Å². The van der Waals surface area contributed by atoms with Gasteiger partial charge in [0, 0.05) is 12.1 Å². The van der Waals surface area contributed by atoms with Crippen molar-refractivity contribution in [1.82, 2.24) is 9.80 Å². The average molecular weight is 226 g/mol. The molecule has 1 aliphatic rings. The molecule has 0 N–H and O–H groups in total. The zero-order valence-electron chi connectivity index (χ0n) is 11.9. The van der Waals surface area contributed by atoms with E-state index in [2.05, 4.69) is 44.7 Å². The van der Waals surface area contributed by atoms with Gasteiger partial charge < -0.3 is 9.80 Å². The van der Waals surface area contributed by atoms with Gasteiger partial charge in [0.15, 0.2) is 0 Å². The molecule has 1 aliphatic carbocycles. The summed E-state index contributed by atoms with van der Waals surface area (Å²) in [6, 6.07) is 1.51. The minimum absolute atomic E-state index is 0.716. The third-order valence-electron chi connectivity index (χ3n) is 4.23. The Morgan fingerprint density at radius 3 is 2.19 bits per heavy atom. The van der Waals surface area contributed by atoms with E-state index in [-0.39, 0.29) is 0 Å². The molecule has 0 saturated heterocycles. The number of hydrogen-bond donors (Lipinski definition) is 0. The van der Waals surface area contributed by atoms with Gasteiger partial charge in [-0.2, -0.15) is 0 Å². The maximum atomic E-state index is 2.55. The highest BCUT2D eigenvalue weighted by molar-refractivity contribution is 4.84. The maximum Gasteiger partial charge on any atom is 0.00921 e. The van der Waals surface area contributed by atoms with Crippen molar-refractivity contribution in [3.63, 3.8) is 0 Å². The van der Waals surface area contributed by atoms with E-state index in [4.69, 9.17) is 0 Å². The van der Waals surface area contributed by atoms with E-state index in [1.807, 2.05) is 0 Å². The van der Waals surface area contributed by atoms with Gasteiger partial charge in [-0.05, 0) is 72.6 Å². The fourth-order valence-corrected chi connectivity index (χ4v) is 2.33. The van der Waals surface area contributed by atoms with Crippen LogP contribution in [0, 0.1) is 5.92 Å². The van der Waals surface area contributed by atoms with E-state index < -0.39 is 0 Å². The second-order valence-electron chi connectivity index (χ2n) is 5.68. The SMILES string of the molecule is CCCN(C)C(C)CCN(C)C(C)C1CC1. The van der Waals surface area contributed by atoms with Crippen molar-refractivity contribution >= 4 is 0 Å². The van der Waals surface area contributed by atoms with Gasteiger partial charge in [0.1, 0.15) is 0 Å². The minimum atomic E-state index is 0.716. The van der Waals surface area contributed by atoms with Crippen molar-refractivity contribution in [2.24, 2.45) is 5.92 Å². The van der Waals surface area contributed by atoms with E-state index in [1.165, 1.54) is 38.8 Å². The summed E-state index contributed by atoms with van der Waals surface area (Å²) in [7, 11) is 4.54. The van der Waals surface area contributed by atoms with Gasteiger partial charge in [0.2, 0.25) is 0 Å². The molecule has 1 rings (SSSR count). The van der Waals surface area contributed by atoms with Gasteiger partial charge in [0.05, 0.1) is 0 Å². The highest BCUT2D eigenvalue weighted by atomic mass is 15.2. The van der Waals surface area contributed by atoms with Crippen LogP contribution in [0.5, 0.6) is 0 Å². The first-order valence-electron chi connectivity index (χ1n) is 6.96.